The molecule has 0 radical (unpaired) electrons. The zero-order chi connectivity index (χ0) is 6.41. The van der Waals surface area contributed by atoms with Gasteiger partial charge in [-0.25, -0.2) is 0 Å². The maximum Gasteiger partial charge on any atom is 0.185 e. The highest BCUT2D eigenvalue weighted by Gasteiger charge is 1.78. The number of nitrogens with two attached hydrogens (primary N) is 2. The normalized spacial score (nSPS) is 8.62. The Kier molecular flexibility index (Phi) is 3.97. The molecule has 0 saturated heterocycles. The molecule has 0 fully saturated rings. The van der Waals surface area contributed by atoms with Crippen LogP contribution in [0.4, 0.5) is 0 Å². The van der Waals surface area contributed by atoms with E-state index in [9.17, 15) is 0 Å². The van der Waals surface area contributed by atoms with Crippen molar-refractivity contribution in [3.8, 4) is 0 Å². The maximum atomic E-state index is 5.01. The van der Waals surface area contributed by atoms with Gasteiger partial charge >= 0.3 is 0 Å². The van der Waals surface area contributed by atoms with Crippen molar-refractivity contribution in [1.82, 2.24) is 0 Å². The summed E-state index contributed by atoms with van der Waals surface area (Å²) in [5, 5.41) is 0. The summed E-state index contributed by atoms with van der Waals surface area (Å²) in [6.07, 6.45) is 0. The highest BCUT2D eigenvalue weighted by atomic mass is 16.5. The van der Waals surface area contributed by atoms with Crippen LogP contribution in [-0.2, 0) is 4.74 Å². The third-order valence-corrected chi connectivity index (χ3v) is 0.590. The van der Waals surface area contributed by atoms with Crippen molar-refractivity contribution in [2.75, 3.05) is 20.3 Å². The van der Waals surface area contributed by atoms with Gasteiger partial charge in [0.2, 0.25) is 0 Å². The Hall–Kier alpha value is -0.770. The third kappa shape index (κ3) is 5.23. The molecule has 4 heteroatoms. The molecule has 0 bridgehead atoms. The van der Waals surface area contributed by atoms with E-state index < -0.39 is 0 Å². The lowest BCUT2D eigenvalue weighted by Gasteiger charge is -1.91. The predicted molar refractivity (Wildman–Crippen MR) is 32.6 cm³/mol. The Balaban J connectivity index is 3.03. The molecule has 0 heterocycles. The molecular weight excluding hydrogens is 106 g/mol. The number of ether oxygens (including phenoxy) is 1. The van der Waals surface area contributed by atoms with Crippen molar-refractivity contribution in [3.05, 3.63) is 0 Å². The molecule has 0 atom stereocenters. The summed E-state index contributed by atoms with van der Waals surface area (Å²) in [5.74, 6) is 0.113. The van der Waals surface area contributed by atoms with Crippen molar-refractivity contribution < 1.29 is 4.74 Å². The van der Waals surface area contributed by atoms with Crippen LogP contribution in [0.2, 0.25) is 0 Å². The van der Waals surface area contributed by atoms with E-state index in [-0.39, 0.29) is 5.96 Å². The van der Waals surface area contributed by atoms with Gasteiger partial charge in [0.25, 0.3) is 0 Å². The first-order chi connectivity index (χ1) is 3.77. The van der Waals surface area contributed by atoms with Crippen LogP contribution >= 0.6 is 0 Å². The van der Waals surface area contributed by atoms with Crippen LogP contribution in [0, 0.1) is 0 Å². The van der Waals surface area contributed by atoms with E-state index in [0.717, 1.165) is 0 Å². The summed E-state index contributed by atoms with van der Waals surface area (Å²) >= 11 is 0. The fraction of sp³-hybridized carbons (Fsp3) is 0.750. The Labute approximate surface area is 48.5 Å². The number of methoxy groups -OCH3 is 1. The second kappa shape index (κ2) is 4.39. The van der Waals surface area contributed by atoms with Gasteiger partial charge in [-0.2, -0.15) is 0 Å². The molecule has 48 valence electrons. The topological polar surface area (TPSA) is 73.6 Å². The van der Waals surface area contributed by atoms with Gasteiger partial charge in [-0.05, 0) is 0 Å². The fourth-order valence-electron chi connectivity index (χ4n) is 0.266. The first-order valence-electron chi connectivity index (χ1n) is 2.31. The van der Waals surface area contributed by atoms with Gasteiger partial charge in [-0.1, -0.05) is 0 Å². The number of hydrogen-bond acceptors (Lipinski definition) is 2. The van der Waals surface area contributed by atoms with Crippen molar-refractivity contribution >= 4 is 5.96 Å². The molecule has 0 amide bonds. The lowest BCUT2D eigenvalue weighted by Crippen LogP contribution is -2.23. The van der Waals surface area contributed by atoms with Gasteiger partial charge in [0.05, 0.1) is 13.2 Å². The molecule has 0 aromatic rings. The molecule has 4 nitrogen and oxygen atoms in total. The second-order valence-corrected chi connectivity index (χ2v) is 1.30. The van der Waals surface area contributed by atoms with Gasteiger partial charge < -0.3 is 16.2 Å². The van der Waals surface area contributed by atoms with Crippen LogP contribution in [0.25, 0.3) is 0 Å². The maximum absolute atomic E-state index is 5.01. The first kappa shape index (κ1) is 7.23. The van der Waals surface area contributed by atoms with Crippen LogP contribution < -0.4 is 11.5 Å². The standard InChI is InChI=1S/C4H11N3O/c1-8-3-2-7-4(5)6/h2-3H2,1H3,(H4,5,6,7). The van der Waals surface area contributed by atoms with Gasteiger partial charge in [0.1, 0.15) is 0 Å². The quantitative estimate of drug-likeness (QED) is 0.280. The van der Waals surface area contributed by atoms with Gasteiger partial charge in [0, 0.05) is 7.11 Å². The van der Waals surface area contributed by atoms with E-state index in [1.165, 1.54) is 0 Å². The third-order valence-electron chi connectivity index (χ3n) is 0.590. The van der Waals surface area contributed by atoms with E-state index in [1.54, 1.807) is 7.11 Å². The highest BCUT2D eigenvalue weighted by molar-refractivity contribution is 5.75. The van der Waals surface area contributed by atoms with E-state index in [1.807, 2.05) is 0 Å². The molecular formula is C4H11N3O. The second-order valence-electron chi connectivity index (χ2n) is 1.30. The number of guanidine groups is 1. The summed E-state index contributed by atoms with van der Waals surface area (Å²) in [6, 6.07) is 0. The molecule has 0 aliphatic carbocycles. The Morgan fingerprint density at radius 2 is 2.25 bits per heavy atom. The minimum atomic E-state index is 0.113. The summed E-state index contributed by atoms with van der Waals surface area (Å²) < 4.78 is 4.67. The molecule has 8 heavy (non-hydrogen) atoms. The van der Waals surface area contributed by atoms with Crippen LogP contribution in [0.15, 0.2) is 4.99 Å². The van der Waals surface area contributed by atoms with Gasteiger partial charge in [-0.3, -0.25) is 4.99 Å². The predicted octanol–water partition coefficient (Wildman–Crippen LogP) is -1.09. The van der Waals surface area contributed by atoms with Crippen LogP contribution in [0.5, 0.6) is 0 Å². The molecule has 0 unspecified atom stereocenters. The average molecular weight is 117 g/mol. The highest BCUT2D eigenvalue weighted by Crippen LogP contribution is 1.68. The van der Waals surface area contributed by atoms with E-state index in [0.29, 0.717) is 13.2 Å². The van der Waals surface area contributed by atoms with Crippen LogP contribution in [0.1, 0.15) is 0 Å². The van der Waals surface area contributed by atoms with E-state index in [4.69, 9.17) is 11.5 Å². The Morgan fingerprint density at radius 3 is 2.62 bits per heavy atom. The molecule has 4 N–H and O–H groups in total. The number of rotatable bonds is 3. The number of hydrogen-bond donors (Lipinski definition) is 2. The number of nitrogens with zero attached hydrogens (tertiary/aromatic N) is 1. The lowest BCUT2D eigenvalue weighted by molar-refractivity contribution is 0.208. The molecule has 0 spiro atoms. The van der Waals surface area contributed by atoms with Crippen molar-refractivity contribution in [2.45, 2.75) is 0 Å². The molecule has 0 aromatic heterocycles. The first-order valence-corrected chi connectivity index (χ1v) is 2.31. The molecule has 0 aliphatic heterocycles. The van der Waals surface area contributed by atoms with Gasteiger partial charge in [-0.15, -0.1) is 0 Å². The Bertz CT molecular complexity index is 77.4. The minimum absolute atomic E-state index is 0.113. The largest absolute Gasteiger partial charge is 0.383 e. The van der Waals surface area contributed by atoms with Crippen molar-refractivity contribution in [3.63, 3.8) is 0 Å². The smallest absolute Gasteiger partial charge is 0.185 e. The van der Waals surface area contributed by atoms with Crippen LogP contribution in [-0.4, -0.2) is 26.2 Å². The molecule has 0 aliphatic rings. The summed E-state index contributed by atoms with van der Waals surface area (Å²) in [4.78, 5) is 3.66. The summed E-state index contributed by atoms with van der Waals surface area (Å²) in [6.45, 7) is 1.11. The minimum Gasteiger partial charge on any atom is -0.383 e. The molecule has 0 saturated carbocycles. The summed E-state index contributed by atoms with van der Waals surface area (Å²) in [5.41, 5.74) is 10.0. The van der Waals surface area contributed by atoms with E-state index >= 15 is 0 Å². The van der Waals surface area contributed by atoms with Gasteiger partial charge in [0.15, 0.2) is 5.96 Å². The zero-order valence-electron chi connectivity index (χ0n) is 4.92. The number of aliphatic imine (C=N–C) groups is 1. The molecule has 0 aromatic carbocycles. The van der Waals surface area contributed by atoms with E-state index in [2.05, 4.69) is 9.73 Å². The fourth-order valence-corrected chi connectivity index (χ4v) is 0.266. The van der Waals surface area contributed by atoms with Crippen LogP contribution in [0.3, 0.4) is 0 Å². The zero-order valence-corrected chi connectivity index (χ0v) is 4.92. The monoisotopic (exact) mass is 117 g/mol. The van der Waals surface area contributed by atoms with Crippen molar-refractivity contribution in [2.24, 2.45) is 16.5 Å². The average Bonchev–Trinajstić information content (AvgIpc) is 1.66. The summed E-state index contributed by atoms with van der Waals surface area (Å²) in [7, 11) is 1.60. The Morgan fingerprint density at radius 1 is 1.62 bits per heavy atom. The van der Waals surface area contributed by atoms with Crippen molar-refractivity contribution in [1.29, 1.82) is 0 Å². The molecule has 0 rings (SSSR count). The SMILES string of the molecule is COCCN=C(N)N. The lowest BCUT2D eigenvalue weighted by atomic mass is 10.7.